The number of hydrogen-bond acceptors (Lipinski definition) is 5. The molecule has 2 rings (SSSR count). The molecule has 1 N–H and O–H groups in total. The molecule has 0 saturated heterocycles. The van der Waals surface area contributed by atoms with E-state index >= 15 is 0 Å². The smallest absolute Gasteiger partial charge is 0.131 e. The maximum atomic E-state index is 4.54. The third-order valence-electron chi connectivity index (χ3n) is 3.02. The van der Waals surface area contributed by atoms with Crippen LogP contribution in [0.1, 0.15) is 49.1 Å². The van der Waals surface area contributed by atoms with Crippen LogP contribution >= 0.6 is 11.5 Å². The van der Waals surface area contributed by atoms with Gasteiger partial charge in [-0.15, -0.1) is 5.10 Å². The lowest BCUT2D eigenvalue weighted by atomic mass is 10.2. The molecule has 104 valence electrons. The number of nitrogens with zero attached hydrogens (tertiary/aromatic N) is 4. The van der Waals surface area contributed by atoms with Gasteiger partial charge in [0, 0.05) is 18.9 Å². The standard InChI is InChI=1S/C13H21N5S/c1-4-6-14-11(12-10(3)16-17-19-12)13-15-7-9-18(13)8-5-2/h7,9,11,14H,4-6,8H2,1-3H3. The van der Waals surface area contributed by atoms with Gasteiger partial charge in [-0.3, -0.25) is 0 Å². The SMILES string of the molecule is CCCNC(c1snnc1C)c1nccn1CCC. The minimum Gasteiger partial charge on any atom is -0.333 e. The Balaban J connectivity index is 2.31. The Hall–Kier alpha value is -1.27. The van der Waals surface area contributed by atoms with E-state index in [-0.39, 0.29) is 6.04 Å². The summed E-state index contributed by atoms with van der Waals surface area (Å²) in [5.74, 6) is 1.06. The highest BCUT2D eigenvalue weighted by atomic mass is 32.1. The molecule has 2 aromatic rings. The highest BCUT2D eigenvalue weighted by Crippen LogP contribution is 2.25. The Morgan fingerprint density at radius 2 is 2.21 bits per heavy atom. The summed E-state index contributed by atoms with van der Waals surface area (Å²) in [6.07, 6.45) is 6.11. The second kappa shape index (κ2) is 6.77. The fourth-order valence-electron chi connectivity index (χ4n) is 2.10. The van der Waals surface area contributed by atoms with E-state index in [1.807, 2.05) is 19.3 Å². The van der Waals surface area contributed by atoms with Crippen LogP contribution in [0, 0.1) is 6.92 Å². The quantitative estimate of drug-likeness (QED) is 0.846. The third-order valence-corrected chi connectivity index (χ3v) is 3.91. The summed E-state index contributed by atoms with van der Waals surface area (Å²) >= 11 is 1.46. The average molecular weight is 279 g/mol. The highest BCUT2D eigenvalue weighted by Gasteiger charge is 2.22. The van der Waals surface area contributed by atoms with Gasteiger partial charge in [-0.05, 0) is 37.8 Å². The van der Waals surface area contributed by atoms with E-state index in [0.29, 0.717) is 0 Å². The van der Waals surface area contributed by atoms with E-state index in [1.165, 1.54) is 11.5 Å². The van der Waals surface area contributed by atoms with Crippen molar-refractivity contribution in [3.8, 4) is 0 Å². The minimum atomic E-state index is 0.0986. The summed E-state index contributed by atoms with van der Waals surface area (Å²) < 4.78 is 6.27. The molecule has 1 unspecified atom stereocenters. The van der Waals surface area contributed by atoms with Crippen LogP contribution in [0.25, 0.3) is 0 Å². The number of nitrogens with one attached hydrogen (secondary N) is 1. The van der Waals surface area contributed by atoms with E-state index in [9.17, 15) is 0 Å². The Morgan fingerprint density at radius 3 is 2.84 bits per heavy atom. The van der Waals surface area contributed by atoms with Gasteiger partial charge in [0.1, 0.15) is 11.9 Å². The molecular weight excluding hydrogens is 258 g/mol. The molecule has 0 aromatic carbocycles. The van der Waals surface area contributed by atoms with Crippen molar-refractivity contribution in [1.82, 2.24) is 24.5 Å². The van der Waals surface area contributed by atoms with Crippen LogP contribution in [0.5, 0.6) is 0 Å². The van der Waals surface area contributed by atoms with Crippen LogP contribution in [-0.2, 0) is 6.54 Å². The molecule has 2 heterocycles. The van der Waals surface area contributed by atoms with Crippen molar-refractivity contribution in [2.45, 2.75) is 46.2 Å². The number of rotatable bonds is 7. The van der Waals surface area contributed by atoms with Gasteiger partial charge in [-0.1, -0.05) is 18.3 Å². The van der Waals surface area contributed by atoms with E-state index < -0.39 is 0 Å². The van der Waals surface area contributed by atoms with E-state index in [4.69, 9.17) is 0 Å². The van der Waals surface area contributed by atoms with Crippen molar-refractivity contribution in [3.05, 3.63) is 28.8 Å². The zero-order valence-corrected chi connectivity index (χ0v) is 12.6. The molecule has 0 aliphatic heterocycles. The number of aromatic nitrogens is 4. The van der Waals surface area contributed by atoms with Crippen LogP contribution < -0.4 is 5.32 Å². The van der Waals surface area contributed by atoms with Gasteiger partial charge in [0.05, 0.1) is 10.6 Å². The van der Waals surface area contributed by atoms with Gasteiger partial charge in [0.2, 0.25) is 0 Å². The van der Waals surface area contributed by atoms with Crippen molar-refractivity contribution < 1.29 is 0 Å². The van der Waals surface area contributed by atoms with Crippen molar-refractivity contribution in [2.24, 2.45) is 0 Å². The van der Waals surface area contributed by atoms with Crippen molar-refractivity contribution in [1.29, 1.82) is 0 Å². The second-order valence-electron chi connectivity index (χ2n) is 4.59. The van der Waals surface area contributed by atoms with Crippen LogP contribution in [0.3, 0.4) is 0 Å². The summed E-state index contributed by atoms with van der Waals surface area (Å²) in [5, 5.41) is 7.68. The van der Waals surface area contributed by atoms with E-state index in [2.05, 4.69) is 38.3 Å². The van der Waals surface area contributed by atoms with Gasteiger partial charge < -0.3 is 9.88 Å². The number of aryl methyl sites for hydroxylation is 2. The highest BCUT2D eigenvalue weighted by molar-refractivity contribution is 7.05. The normalized spacial score (nSPS) is 12.8. The fraction of sp³-hybridized carbons (Fsp3) is 0.615. The molecular formula is C13H21N5S. The van der Waals surface area contributed by atoms with Crippen LogP contribution in [-0.4, -0.2) is 25.7 Å². The molecule has 0 bridgehead atoms. The lowest BCUT2D eigenvalue weighted by molar-refractivity contribution is 0.533. The van der Waals surface area contributed by atoms with Crippen LogP contribution in [0.4, 0.5) is 0 Å². The van der Waals surface area contributed by atoms with Crippen molar-refractivity contribution in [3.63, 3.8) is 0 Å². The number of imidazole rings is 1. The molecule has 0 saturated carbocycles. The maximum absolute atomic E-state index is 4.54. The first kappa shape index (κ1) is 14.1. The zero-order valence-electron chi connectivity index (χ0n) is 11.8. The molecule has 5 nitrogen and oxygen atoms in total. The molecule has 0 spiro atoms. The molecule has 0 fully saturated rings. The van der Waals surface area contributed by atoms with Gasteiger partial charge in [0.25, 0.3) is 0 Å². The van der Waals surface area contributed by atoms with Crippen LogP contribution in [0.2, 0.25) is 0 Å². The summed E-state index contributed by atoms with van der Waals surface area (Å²) in [7, 11) is 0. The minimum absolute atomic E-state index is 0.0986. The molecule has 0 aliphatic rings. The lowest BCUT2D eigenvalue weighted by Crippen LogP contribution is -2.26. The summed E-state index contributed by atoms with van der Waals surface area (Å²) in [6.45, 7) is 8.30. The number of hydrogen-bond donors (Lipinski definition) is 1. The summed E-state index contributed by atoms with van der Waals surface area (Å²) in [5.41, 5.74) is 0.990. The first-order chi connectivity index (χ1) is 9.27. The average Bonchev–Trinajstić information content (AvgIpc) is 3.01. The van der Waals surface area contributed by atoms with Gasteiger partial charge in [-0.2, -0.15) is 0 Å². The molecule has 0 aliphatic carbocycles. The van der Waals surface area contributed by atoms with E-state index in [1.54, 1.807) is 0 Å². The fourth-order valence-corrected chi connectivity index (χ4v) is 2.82. The first-order valence-electron chi connectivity index (χ1n) is 6.81. The maximum Gasteiger partial charge on any atom is 0.131 e. The van der Waals surface area contributed by atoms with Crippen LogP contribution in [0.15, 0.2) is 12.4 Å². The molecule has 19 heavy (non-hydrogen) atoms. The Bertz CT molecular complexity index is 505. The van der Waals surface area contributed by atoms with Crippen molar-refractivity contribution >= 4 is 11.5 Å². The molecule has 0 radical (unpaired) electrons. The van der Waals surface area contributed by atoms with Crippen molar-refractivity contribution in [2.75, 3.05) is 6.54 Å². The Kier molecular flexibility index (Phi) is 5.04. The Labute approximate surface area is 118 Å². The van der Waals surface area contributed by atoms with E-state index in [0.717, 1.165) is 42.3 Å². The zero-order chi connectivity index (χ0) is 13.7. The predicted octanol–water partition coefficient (Wildman–Crippen LogP) is 2.54. The predicted molar refractivity (Wildman–Crippen MR) is 77.3 cm³/mol. The third kappa shape index (κ3) is 3.19. The monoisotopic (exact) mass is 279 g/mol. The summed E-state index contributed by atoms with van der Waals surface area (Å²) in [4.78, 5) is 5.70. The van der Waals surface area contributed by atoms with Gasteiger partial charge in [0.15, 0.2) is 0 Å². The first-order valence-corrected chi connectivity index (χ1v) is 7.58. The topological polar surface area (TPSA) is 55.6 Å². The van der Waals surface area contributed by atoms with Gasteiger partial charge in [-0.25, -0.2) is 4.98 Å². The Morgan fingerprint density at radius 1 is 1.37 bits per heavy atom. The largest absolute Gasteiger partial charge is 0.333 e. The molecule has 0 amide bonds. The molecule has 6 heteroatoms. The lowest BCUT2D eigenvalue weighted by Gasteiger charge is -2.18. The second-order valence-corrected chi connectivity index (χ2v) is 5.37. The molecule has 1 atom stereocenters. The van der Waals surface area contributed by atoms with Gasteiger partial charge >= 0.3 is 0 Å². The molecule has 2 aromatic heterocycles. The summed E-state index contributed by atoms with van der Waals surface area (Å²) in [6, 6.07) is 0.0986.